The standard InChI is InChI=1S/C15H15FN2O5S2/c1-23-14-5-3-2-4-11(14)8-9-18(24(19)20)13-7-6-12(16)10-15(13)25(17,21)22/h2-10H,1H3,(H,19,20)(H2,17,21,22)/p-1. The molecule has 0 heterocycles. The smallest absolute Gasteiger partial charge is 0.240 e. The lowest BCUT2D eigenvalue weighted by atomic mass is 10.2. The van der Waals surface area contributed by atoms with E-state index < -0.39 is 32.0 Å². The fourth-order valence-electron chi connectivity index (χ4n) is 2.06. The molecule has 0 fully saturated rings. The number of sulfonamides is 1. The molecule has 0 spiro atoms. The van der Waals surface area contributed by atoms with Crippen molar-refractivity contribution in [3.05, 3.63) is 60.0 Å². The summed E-state index contributed by atoms with van der Waals surface area (Å²) in [7, 11) is -2.89. The predicted molar refractivity (Wildman–Crippen MR) is 91.2 cm³/mol. The Hall–Kier alpha value is -2.27. The molecule has 2 N–H and O–H groups in total. The van der Waals surface area contributed by atoms with Crippen LogP contribution in [0.2, 0.25) is 0 Å². The lowest BCUT2D eigenvalue weighted by Crippen LogP contribution is -2.23. The Morgan fingerprint density at radius 1 is 1.28 bits per heavy atom. The molecular weight excluding hydrogens is 371 g/mol. The van der Waals surface area contributed by atoms with Gasteiger partial charge in [-0.25, -0.2) is 17.9 Å². The van der Waals surface area contributed by atoms with E-state index in [1.54, 1.807) is 24.3 Å². The number of rotatable bonds is 6. The molecule has 134 valence electrons. The minimum absolute atomic E-state index is 0.302. The minimum Gasteiger partial charge on any atom is -0.755 e. The van der Waals surface area contributed by atoms with E-state index in [1.807, 2.05) is 0 Å². The molecule has 1 atom stereocenters. The molecule has 0 amide bonds. The Morgan fingerprint density at radius 2 is 1.96 bits per heavy atom. The van der Waals surface area contributed by atoms with Gasteiger partial charge in [0.2, 0.25) is 10.0 Å². The summed E-state index contributed by atoms with van der Waals surface area (Å²) < 4.78 is 65.5. The fraction of sp³-hybridized carbons (Fsp3) is 0.0667. The first kappa shape index (κ1) is 19.1. The van der Waals surface area contributed by atoms with Crippen LogP contribution in [-0.2, 0) is 21.3 Å². The Kier molecular flexibility index (Phi) is 5.90. The summed E-state index contributed by atoms with van der Waals surface area (Å²) in [6.07, 6.45) is 2.52. The molecule has 7 nitrogen and oxygen atoms in total. The Balaban J connectivity index is 2.54. The monoisotopic (exact) mass is 385 g/mol. The Bertz CT molecular complexity index is 931. The van der Waals surface area contributed by atoms with E-state index >= 15 is 0 Å². The highest BCUT2D eigenvalue weighted by Gasteiger charge is 2.19. The first-order valence-corrected chi connectivity index (χ1v) is 9.34. The van der Waals surface area contributed by atoms with Crippen LogP contribution in [0.3, 0.4) is 0 Å². The molecule has 0 radical (unpaired) electrons. The van der Waals surface area contributed by atoms with Gasteiger partial charge < -0.3 is 9.29 Å². The highest BCUT2D eigenvalue weighted by molar-refractivity contribution is 7.89. The van der Waals surface area contributed by atoms with Crippen molar-refractivity contribution in [2.75, 3.05) is 11.4 Å². The summed E-state index contributed by atoms with van der Waals surface area (Å²) in [6, 6.07) is 9.39. The van der Waals surface area contributed by atoms with Crippen LogP contribution in [0.25, 0.3) is 6.08 Å². The SMILES string of the molecule is COc1ccccc1C=CN(c1ccc(F)cc1S(N)(=O)=O)S(=O)[O-]. The molecule has 0 aliphatic heterocycles. The molecule has 2 aromatic carbocycles. The zero-order chi connectivity index (χ0) is 18.6. The van der Waals surface area contributed by atoms with Gasteiger partial charge in [-0.2, -0.15) is 0 Å². The van der Waals surface area contributed by atoms with Crippen LogP contribution in [-0.4, -0.2) is 24.3 Å². The number of primary sulfonamides is 1. The van der Waals surface area contributed by atoms with Crippen LogP contribution in [0.1, 0.15) is 5.56 Å². The van der Waals surface area contributed by atoms with Gasteiger partial charge in [0.05, 0.1) is 24.1 Å². The largest absolute Gasteiger partial charge is 0.755 e. The van der Waals surface area contributed by atoms with Gasteiger partial charge in [0.25, 0.3) is 0 Å². The number of hydrogen-bond acceptors (Lipinski definition) is 5. The van der Waals surface area contributed by atoms with Crippen LogP contribution in [0.15, 0.2) is 53.6 Å². The predicted octanol–water partition coefficient (Wildman–Crippen LogP) is 1.75. The summed E-state index contributed by atoms with van der Waals surface area (Å²) in [5.41, 5.74) is 0.253. The van der Waals surface area contributed by atoms with Gasteiger partial charge in [-0.05, 0) is 30.3 Å². The summed E-state index contributed by atoms with van der Waals surface area (Å²) in [5, 5.41) is 5.05. The quantitative estimate of drug-likeness (QED) is 0.761. The van der Waals surface area contributed by atoms with Crippen molar-refractivity contribution in [2.45, 2.75) is 4.90 Å². The molecule has 0 saturated carbocycles. The maximum absolute atomic E-state index is 13.4. The van der Waals surface area contributed by atoms with E-state index in [0.717, 1.165) is 18.3 Å². The Labute approximate surface area is 147 Å². The number of hydrogen-bond donors (Lipinski definition) is 1. The van der Waals surface area contributed by atoms with Gasteiger partial charge >= 0.3 is 0 Å². The van der Waals surface area contributed by atoms with Gasteiger partial charge in [0, 0.05) is 11.8 Å². The number of halogens is 1. The van der Waals surface area contributed by atoms with Crippen LogP contribution in [0.5, 0.6) is 5.75 Å². The fourth-order valence-corrected chi connectivity index (χ4v) is 3.33. The molecule has 0 bridgehead atoms. The highest BCUT2D eigenvalue weighted by atomic mass is 32.2. The van der Waals surface area contributed by atoms with Crippen molar-refractivity contribution in [2.24, 2.45) is 5.14 Å². The number of anilines is 1. The van der Waals surface area contributed by atoms with Gasteiger partial charge in [-0.1, -0.05) is 18.2 Å². The third-order valence-corrected chi connectivity index (χ3v) is 4.73. The number of ether oxygens (including phenoxy) is 1. The van der Waals surface area contributed by atoms with Crippen LogP contribution in [0, 0.1) is 5.82 Å². The van der Waals surface area contributed by atoms with Gasteiger partial charge in [0.1, 0.15) is 16.5 Å². The zero-order valence-corrected chi connectivity index (χ0v) is 14.6. The van der Waals surface area contributed by atoms with Gasteiger partial charge in [-0.3, -0.25) is 8.51 Å². The van der Waals surface area contributed by atoms with Crippen molar-refractivity contribution >= 4 is 33.1 Å². The molecule has 0 aliphatic rings. The number of methoxy groups -OCH3 is 1. The number of nitrogens with zero attached hydrogens (tertiary/aromatic N) is 1. The van der Waals surface area contributed by atoms with Crippen molar-refractivity contribution in [1.29, 1.82) is 0 Å². The first-order valence-electron chi connectivity index (χ1n) is 6.76. The third kappa shape index (κ3) is 4.63. The molecular formula is C15H14FN2O5S2-. The maximum atomic E-state index is 13.4. The number of para-hydroxylation sites is 1. The topological polar surface area (TPSA) is 113 Å². The van der Waals surface area contributed by atoms with Crippen molar-refractivity contribution < 1.29 is 26.3 Å². The lowest BCUT2D eigenvalue weighted by molar-refractivity contribution is 0.414. The second-order valence-corrected chi connectivity index (χ2v) is 7.12. The average Bonchev–Trinajstić information content (AvgIpc) is 2.55. The maximum Gasteiger partial charge on any atom is 0.240 e. The van der Waals surface area contributed by atoms with Gasteiger partial charge in [0.15, 0.2) is 0 Å². The summed E-state index contributed by atoms with van der Waals surface area (Å²) in [5.74, 6) is -0.376. The molecule has 25 heavy (non-hydrogen) atoms. The molecule has 0 aliphatic carbocycles. The minimum atomic E-state index is -4.34. The number of benzene rings is 2. The molecule has 0 aromatic heterocycles. The molecule has 2 aromatic rings. The van der Waals surface area contributed by atoms with Crippen molar-refractivity contribution in [3.63, 3.8) is 0 Å². The van der Waals surface area contributed by atoms with E-state index in [1.165, 1.54) is 13.2 Å². The highest BCUT2D eigenvalue weighted by Crippen LogP contribution is 2.27. The normalized spacial score (nSPS) is 13.0. The zero-order valence-electron chi connectivity index (χ0n) is 13.0. The van der Waals surface area contributed by atoms with Crippen molar-refractivity contribution in [3.8, 4) is 5.75 Å². The third-order valence-electron chi connectivity index (χ3n) is 3.15. The molecule has 10 heteroatoms. The lowest BCUT2D eigenvalue weighted by Gasteiger charge is -2.24. The van der Waals surface area contributed by atoms with Crippen LogP contribution >= 0.6 is 0 Å². The summed E-state index contributed by atoms with van der Waals surface area (Å²) >= 11 is -2.87. The van der Waals surface area contributed by atoms with Crippen LogP contribution < -0.4 is 14.2 Å². The molecule has 0 saturated heterocycles. The van der Waals surface area contributed by atoms with E-state index in [4.69, 9.17) is 9.88 Å². The summed E-state index contributed by atoms with van der Waals surface area (Å²) in [6.45, 7) is 0. The average molecular weight is 385 g/mol. The van der Waals surface area contributed by atoms with Crippen molar-refractivity contribution in [1.82, 2.24) is 0 Å². The van der Waals surface area contributed by atoms with E-state index in [9.17, 15) is 21.6 Å². The number of nitrogens with two attached hydrogens (primary N) is 1. The van der Waals surface area contributed by atoms with Crippen LogP contribution in [0.4, 0.5) is 10.1 Å². The second kappa shape index (κ2) is 7.74. The molecule has 1 unspecified atom stereocenters. The summed E-state index contributed by atoms with van der Waals surface area (Å²) in [4.78, 5) is -0.652. The Morgan fingerprint density at radius 3 is 2.56 bits per heavy atom. The first-order chi connectivity index (χ1) is 11.7. The van der Waals surface area contributed by atoms with E-state index in [0.29, 0.717) is 21.7 Å². The molecule has 2 rings (SSSR count). The van der Waals surface area contributed by atoms with E-state index in [-0.39, 0.29) is 5.69 Å². The van der Waals surface area contributed by atoms with E-state index in [2.05, 4.69) is 0 Å². The van der Waals surface area contributed by atoms with Gasteiger partial charge in [-0.15, -0.1) is 0 Å². The second-order valence-electron chi connectivity index (χ2n) is 4.76.